The summed E-state index contributed by atoms with van der Waals surface area (Å²) in [5.41, 5.74) is 7.88. The van der Waals surface area contributed by atoms with E-state index in [4.69, 9.17) is 15.3 Å². The summed E-state index contributed by atoms with van der Waals surface area (Å²) < 4.78 is 5.67. The number of hydrogen-bond acceptors (Lipinski definition) is 7. The Kier molecular flexibility index (Phi) is 4.58. The summed E-state index contributed by atoms with van der Waals surface area (Å²) in [7, 11) is 0. The van der Waals surface area contributed by atoms with Gasteiger partial charge in [0.25, 0.3) is 5.89 Å². The normalized spacial score (nSPS) is 10.8. The molecule has 3 aromatic rings. The Morgan fingerprint density at radius 2 is 1.83 bits per heavy atom. The Labute approximate surface area is 133 Å². The van der Waals surface area contributed by atoms with Gasteiger partial charge in [-0.2, -0.15) is 0 Å². The van der Waals surface area contributed by atoms with E-state index in [1.54, 1.807) is 6.20 Å². The van der Waals surface area contributed by atoms with E-state index in [1.165, 1.54) is 0 Å². The predicted octanol–water partition coefficient (Wildman–Crippen LogP) is 2.09. The number of benzene rings is 1. The third-order valence-corrected chi connectivity index (χ3v) is 3.34. The first-order valence-corrected chi connectivity index (χ1v) is 7.39. The molecule has 0 bridgehead atoms. The number of hydrogen-bond donors (Lipinski definition) is 2. The van der Waals surface area contributed by atoms with Crippen molar-refractivity contribution < 1.29 is 9.52 Å². The van der Waals surface area contributed by atoms with E-state index < -0.39 is 0 Å². The lowest BCUT2D eigenvalue weighted by atomic mass is 10.2. The lowest BCUT2D eigenvalue weighted by molar-refractivity contribution is 0.284. The second-order valence-electron chi connectivity index (χ2n) is 5.05. The number of aromatic nitrogens is 4. The molecule has 1 aromatic carbocycles. The van der Waals surface area contributed by atoms with Crippen LogP contribution in [0.2, 0.25) is 0 Å². The molecule has 7 heteroatoms. The van der Waals surface area contributed by atoms with Crippen molar-refractivity contribution in [2.75, 3.05) is 12.3 Å². The van der Waals surface area contributed by atoms with Gasteiger partial charge < -0.3 is 15.3 Å². The van der Waals surface area contributed by atoms with Crippen LogP contribution in [-0.2, 0) is 6.42 Å². The van der Waals surface area contributed by atoms with E-state index in [-0.39, 0.29) is 18.3 Å². The lowest BCUT2D eigenvalue weighted by Gasteiger charge is -2.03. The molecular formula is C16H17N5O2. The highest BCUT2D eigenvalue weighted by molar-refractivity contribution is 5.63. The van der Waals surface area contributed by atoms with Crippen molar-refractivity contribution in [3.63, 3.8) is 0 Å². The standard InChI is InChI=1S/C16H17N5O2/c17-14-13(19-12(10-18-14)8-4-5-9-22)16-21-20-15(23-16)11-6-2-1-3-7-11/h1-3,6-7,10,22H,4-5,8-9H2,(H2,17,18). The zero-order valence-corrected chi connectivity index (χ0v) is 12.5. The fraction of sp³-hybridized carbons (Fsp3) is 0.250. The smallest absolute Gasteiger partial charge is 0.270 e. The maximum absolute atomic E-state index is 8.84. The minimum atomic E-state index is 0.166. The Hall–Kier alpha value is -2.80. The zero-order chi connectivity index (χ0) is 16.1. The molecule has 0 fully saturated rings. The van der Waals surface area contributed by atoms with Crippen LogP contribution in [0.1, 0.15) is 18.5 Å². The Balaban J connectivity index is 1.86. The van der Waals surface area contributed by atoms with Crippen molar-refractivity contribution in [3.05, 3.63) is 42.2 Å². The number of aliphatic hydroxyl groups is 1. The molecule has 0 aliphatic rings. The number of unbranched alkanes of at least 4 members (excludes halogenated alkanes) is 1. The zero-order valence-electron chi connectivity index (χ0n) is 12.5. The molecule has 0 spiro atoms. The minimum Gasteiger partial charge on any atom is -0.414 e. The predicted molar refractivity (Wildman–Crippen MR) is 85.2 cm³/mol. The largest absolute Gasteiger partial charge is 0.414 e. The Morgan fingerprint density at radius 3 is 2.61 bits per heavy atom. The summed E-state index contributed by atoms with van der Waals surface area (Å²) in [5.74, 6) is 0.907. The Bertz CT molecular complexity index is 773. The van der Waals surface area contributed by atoms with E-state index >= 15 is 0 Å². The molecular weight excluding hydrogens is 294 g/mol. The average molecular weight is 311 g/mol. The summed E-state index contributed by atoms with van der Waals surface area (Å²) in [6.07, 6.45) is 3.89. The van der Waals surface area contributed by atoms with Crippen molar-refractivity contribution in [1.29, 1.82) is 0 Å². The number of nitrogen functional groups attached to an aromatic ring is 1. The quantitative estimate of drug-likeness (QED) is 0.670. The lowest BCUT2D eigenvalue weighted by Crippen LogP contribution is -2.01. The number of aryl methyl sites for hydroxylation is 1. The van der Waals surface area contributed by atoms with Gasteiger partial charge in [0, 0.05) is 12.2 Å². The van der Waals surface area contributed by atoms with Gasteiger partial charge in [-0.3, -0.25) is 0 Å². The fourth-order valence-electron chi connectivity index (χ4n) is 2.15. The molecule has 2 heterocycles. The van der Waals surface area contributed by atoms with E-state index in [1.807, 2.05) is 30.3 Å². The summed E-state index contributed by atoms with van der Waals surface area (Å²) in [5, 5.41) is 16.9. The number of nitrogens with zero attached hydrogens (tertiary/aromatic N) is 4. The van der Waals surface area contributed by atoms with Crippen LogP contribution in [0.4, 0.5) is 5.82 Å². The maximum atomic E-state index is 8.84. The highest BCUT2D eigenvalue weighted by atomic mass is 16.4. The van der Waals surface area contributed by atoms with Crippen LogP contribution >= 0.6 is 0 Å². The van der Waals surface area contributed by atoms with Gasteiger partial charge in [0.05, 0.1) is 11.9 Å². The average Bonchev–Trinajstić information content (AvgIpc) is 3.07. The van der Waals surface area contributed by atoms with E-state index in [2.05, 4.69) is 20.2 Å². The van der Waals surface area contributed by atoms with Crippen LogP contribution in [0.15, 0.2) is 40.9 Å². The highest BCUT2D eigenvalue weighted by Crippen LogP contribution is 2.25. The number of anilines is 1. The van der Waals surface area contributed by atoms with Gasteiger partial charge in [-0.15, -0.1) is 10.2 Å². The molecule has 23 heavy (non-hydrogen) atoms. The van der Waals surface area contributed by atoms with Gasteiger partial charge in [0.2, 0.25) is 5.89 Å². The number of rotatable bonds is 6. The molecule has 3 N–H and O–H groups in total. The summed E-state index contributed by atoms with van der Waals surface area (Å²) in [6, 6.07) is 9.49. The van der Waals surface area contributed by atoms with Crippen molar-refractivity contribution >= 4 is 5.82 Å². The molecule has 0 amide bonds. The molecule has 2 aromatic heterocycles. The molecule has 3 rings (SSSR count). The second kappa shape index (κ2) is 6.97. The summed E-state index contributed by atoms with van der Waals surface area (Å²) in [4.78, 5) is 8.60. The molecule has 0 saturated carbocycles. The number of nitrogens with two attached hydrogens (primary N) is 1. The van der Waals surface area contributed by atoms with Crippen LogP contribution in [0.3, 0.4) is 0 Å². The maximum Gasteiger partial charge on any atom is 0.270 e. The van der Waals surface area contributed by atoms with Gasteiger partial charge >= 0.3 is 0 Å². The molecule has 0 saturated heterocycles. The fourth-order valence-corrected chi connectivity index (χ4v) is 2.15. The molecule has 0 unspecified atom stereocenters. The summed E-state index contributed by atoms with van der Waals surface area (Å²) >= 11 is 0. The van der Waals surface area contributed by atoms with Crippen LogP contribution in [0, 0.1) is 0 Å². The Morgan fingerprint density at radius 1 is 1.04 bits per heavy atom. The van der Waals surface area contributed by atoms with Crippen LogP contribution in [0.5, 0.6) is 0 Å². The third-order valence-electron chi connectivity index (χ3n) is 3.34. The van der Waals surface area contributed by atoms with Crippen LogP contribution < -0.4 is 5.73 Å². The minimum absolute atomic E-state index is 0.166. The van der Waals surface area contributed by atoms with Gasteiger partial charge in [-0.25, -0.2) is 9.97 Å². The second-order valence-corrected chi connectivity index (χ2v) is 5.05. The molecule has 0 aliphatic carbocycles. The third kappa shape index (κ3) is 3.51. The SMILES string of the molecule is Nc1ncc(CCCCO)nc1-c1nnc(-c2ccccc2)o1. The number of aliphatic hydroxyl groups excluding tert-OH is 1. The topological polar surface area (TPSA) is 111 Å². The molecule has 118 valence electrons. The van der Waals surface area contributed by atoms with Gasteiger partial charge in [-0.1, -0.05) is 18.2 Å². The molecule has 0 atom stereocenters. The van der Waals surface area contributed by atoms with Gasteiger partial charge in [0.15, 0.2) is 11.5 Å². The van der Waals surface area contributed by atoms with Crippen LogP contribution in [0.25, 0.3) is 23.0 Å². The van der Waals surface area contributed by atoms with Crippen molar-refractivity contribution in [1.82, 2.24) is 20.2 Å². The first-order chi connectivity index (χ1) is 11.3. The first kappa shape index (κ1) is 15.1. The van der Waals surface area contributed by atoms with Gasteiger partial charge in [-0.05, 0) is 31.4 Å². The van der Waals surface area contributed by atoms with Gasteiger partial charge in [0.1, 0.15) is 0 Å². The van der Waals surface area contributed by atoms with E-state index in [0.29, 0.717) is 18.0 Å². The highest BCUT2D eigenvalue weighted by Gasteiger charge is 2.16. The monoisotopic (exact) mass is 311 g/mol. The van der Waals surface area contributed by atoms with E-state index in [9.17, 15) is 0 Å². The summed E-state index contributed by atoms with van der Waals surface area (Å²) in [6.45, 7) is 0.166. The van der Waals surface area contributed by atoms with Crippen molar-refractivity contribution in [2.45, 2.75) is 19.3 Å². The van der Waals surface area contributed by atoms with Crippen LogP contribution in [-0.4, -0.2) is 31.9 Å². The van der Waals surface area contributed by atoms with Crippen molar-refractivity contribution in [3.8, 4) is 23.0 Å². The van der Waals surface area contributed by atoms with E-state index in [0.717, 1.165) is 24.1 Å². The molecule has 7 nitrogen and oxygen atoms in total. The first-order valence-electron chi connectivity index (χ1n) is 7.39. The molecule has 0 aliphatic heterocycles. The van der Waals surface area contributed by atoms with Crippen molar-refractivity contribution in [2.24, 2.45) is 0 Å². The molecule has 0 radical (unpaired) electrons.